The van der Waals surface area contributed by atoms with E-state index in [1.54, 1.807) is 7.11 Å². The second-order valence-electron chi connectivity index (χ2n) is 2.83. The summed E-state index contributed by atoms with van der Waals surface area (Å²) in [6.45, 7) is 0.496. The van der Waals surface area contributed by atoms with Crippen LogP contribution < -0.4 is 0 Å². The number of ether oxygens (including phenoxy) is 1. The molecule has 0 amide bonds. The first-order valence-electron chi connectivity index (χ1n) is 3.77. The van der Waals surface area contributed by atoms with Gasteiger partial charge in [-0.15, -0.1) is 0 Å². The van der Waals surface area contributed by atoms with Crippen LogP contribution in [0.4, 0.5) is 0 Å². The van der Waals surface area contributed by atoms with E-state index in [2.05, 4.69) is 11.2 Å². The molecule has 59 valence electrons. The summed E-state index contributed by atoms with van der Waals surface area (Å²) in [7, 11) is 1.64. The predicted octanol–water partition coefficient (Wildman–Crippen LogP) is 1.50. The molecule has 0 saturated heterocycles. The zero-order chi connectivity index (χ0) is 7.68. The minimum absolute atomic E-state index is 0.496. The van der Waals surface area contributed by atoms with Gasteiger partial charge in [-0.25, -0.2) is 0 Å². The van der Waals surface area contributed by atoms with E-state index in [1.807, 2.05) is 0 Å². The van der Waals surface area contributed by atoms with Crippen molar-refractivity contribution in [3.8, 4) is 0 Å². The van der Waals surface area contributed by atoms with E-state index in [9.17, 15) is 0 Å². The van der Waals surface area contributed by atoms with E-state index in [-0.39, 0.29) is 0 Å². The van der Waals surface area contributed by atoms with Crippen LogP contribution in [0.25, 0.3) is 0 Å². The highest BCUT2D eigenvalue weighted by Gasteiger charge is 2.28. The number of rotatable bonds is 3. The van der Waals surface area contributed by atoms with E-state index in [1.165, 1.54) is 12.8 Å². The molecular weight excluding hydrogens is 142 g/mol. The van der Waals surface area contributed by atoms with Gasteiger partial charge >= 0.3 is 0 Å². The Labute approximate surface area is 65.3 Å². The molecule has 2 rings (SSSR count). The second kappa shape index (κ2) is 2.66. The monoisotopic (exact) mass is 152 g/mol. The van der Waals surface area contributed by atoms with Crippen molar-refractivity contribution in [3.63, 3.8) is 0 Å². The molecule has 1 heterocycles. The molecule has 0 aliphatic heterocycles. The first-order valence-corrected chi connectivity index (χ1v) is 3.77. The zero-order valence-electron chi connectivity index (χ0n) is 6.46. The third-order valence-corrected chi connectivity index (χ3v) is 1.75. The van der Waals surface area contributed by atoms with Gasteiger partial charge in [-0.3, -0.25) is 0 Å². The molecule has 1 saturated carbocycles. The molecule has 1 radical (unpaired) electrons. The van der Waals surface area contributed by atoms with E-state index < -0.39 is 0 Å². The standard InChI is InChI=1S/C8H10NO2/c1-10-5-7-4-8(11-9-7)6-2-3-6/h6H,2-3,5H2,1H3. The first kappa shape index (κ1) is 6.85. The molecule has 3 nitrogen and oxygen atoms in total. The third kappa shape index (κ3) is 1.43. The summed E-state index contributed by atoms with van der Waals surface area (Å²) in [6, 6.07) is 3.07. The molecule has 0 atom stereocenters. The minimum atomic E-state index is 0.496. The largest absolute Gasteiger partial charge is 0.378 e. The van der Waals surface area contributed by atoms with Gasteiger partial charge in [0.25, 0.3) is 0 Å². The van der Waals surface area contributed by atoms with Gasteiger partial charge in [-0.1, -0.05) is 5.16 Å². The van der Waals surface area contributed by atoms with Crippen LogP contribution >= 0.6 is 0 Å². The van der Waals surface area contributed by atoms with Crippen LogP contribution in [-0.4, -0.2) is 12.3 Å². The number of aromatic nitrogens is 1. The molecule has 0 bridgehead atoms. The highest BCUT2D eigenvalue weighted by molar-refractivity contribution is 5.11. The fourth-order valence-electron chi connectivity index (χ4n) is 1.01. The lowest BCUT2D eigenvalue weighted by Gasteiger charge is -1.86. The lowest BCUT2D eigenvalue weighted by atomic mass is 10.3. The molecular formula is C8H10NO2. The Morgan fingerprint density at radius 2 is 2.55 bits per heavy atom. The number of hydrogen-bond donors (Lipinski definition) is 0. The van der Waals surface area contributed by atoms with Crippen molar-refractivity contribution in [3.05, 3.63) is 17.5 Å². The number of hydrogen-bond acceptors (Lipinski definition) is 3. The molecule has 0 N–H and O–H groups in total. The van der Waals surface area contributed by atoms with Crippen LogP contribution in [0.3, 0.4) is 0 Å². The van der Waals surface area contributed by atoms with Gasteiger partial charge in [-0.2, -0.15) is 0 Å². The fraction of sp³-hybridized carbons (Fsp3) is 0.625. The maximum absolute atomic E-state index is 5.06. The zero-order valence-corrected chi connectivity index (χ0v) is 6.46. The van der Waals surface area contributed by atoms with Crippen LogP contribution in [0.2, 0.25) is 0 Å². The normalized spacial score (nSPS) is 17.2. The summed E-state index contributed by atoms with van der Waals surface area (Å²) in [4.78, 5) is 0. The summed E-state index contributed by atoms with van der Waals surface area (Å²) in [6.07, 6.45) is 2.44. The highest BCUT2D eigenvalue weighted by Crippen LogP contribution is 2.39. The predicted molar refractivity (Wildman–Crippen MR) is 38.0 cm³/mol. The van der Waals surface area contributed by atoms with Gasteiger partial charge in [0.1, 0.15) is 11.5 Å². The van der Waals surface area contributed by atoms with E-state index in [0.717, 1.165) is 11.5 Å². The molecule has 0 unspecified atom stereocenters. The van der Waals surface area contributed by atoms with Crippen molar-refractivity contribution in [2.75, 3.05) is 7.11 Å². The average molecular weight is 152 g/mol. The molecule has 1 aliphatic carbocycles. The molecule has 11 heavy (non-hydrogen) atoms. The van der Waals surface area contributed by atoms with E-state index >= 15 is 0 Å². The van der Waals surface area contributed by atoms with Gasteiger partial charge in [0, 0.05) is 13.0 Å². The van der Waals surface area contributed by atoms with Crippen LogP contribution in [0.5, 0.6) is 0 Å². The van der Waals surface area contributed by atoms with Gasteiger partial charge in [0.05, 0.1) is 12.7 Å². The van der Waals surface area contributed by atoms with Crippen molar-refractivity contribution in [2.45, 2.75) is 25.4 Å². The first-order chi connectivity index (χ1) is 5.40. The van der Waals surface area contributed by atoms with Crippen molar-refractivity contribution >= 4 is 0 Å². The summed E-state index contributed by atoms with van der Waals surface area (Å²) in [5, 5.41) is 3.81. The van der Waals surface area contributed by atoms with Gasteiger partial charge in [-0.05, 0) is 12.8 Å². The van der Waals surface area contributed by atoms with Crippen molar-refractivity contribution in [1.82, 2.24) is 5.16 Å². The summed E-state index contributed by atoms with van der Waals surface area (Å²) >= 11 is 0. The van der Waals surface area contributed by atoms with Crippen LogP contribution in [0.1, 0.15) is 30.2 Å². The van der Waals surface area contributed by atoms with E-state index in [4.69, 9.17) is 9.26 Å². The maximum Gasteiger partial charge on any atom is 0.148 e. The Bertz CT molecular complexity index is 240. The topological polar surface area (TPSA) is 35.3 Å². The van der Waals surface area contributed by atoms with Crippen LogP contribution in [-0.2, 0) is 11.3 Å². The van der Waals surface area contributed by atoms with Crippen molar-refractivity contribution < 1.29 is 9.26 Å². The molecule has 1 fully saturated rings. The third-order valence-electron chi connectivity index (χ3n) is 1.75. The Kier molecular flexibility index (Phi) is 1.66. The Morgan fingerprint density at radius 1 is 1.73 bits per heavy atom. The molecule has 0 aromatic carbocycles. The summed E-state index contributed by atoms with van der Waals surface area (Å²) in [5.74, 6) is 1.49. The molecule has 1 aromatic rings. The van der Waals surface area contributed by atoms with Crippen LogP contribution in [0.15, 0.2) is 4.52 Å². The van der Waals surface area contributed by atoms with Crippen molar-refractivity contribution in [2.24, 2.45) is 0 Å². The Balaban J connectivity index is 2.06. The lowest BCUT2D eigenvalue weighted by Crippen LogP contribution is -1.85. The second-order valence-corrected chi connectivity index (χ2v) is 2.83. The Morgan fingerprint density at radius 3 is 3.18 bits per heavy atom. The number of nitrogens with zero attached hydrogens (tertiary/aromatic N) is 1. The van der Waals surface area contributed by atoms with Crippen LogP contribution in [0, 0.1) is 6.07 Å². The van der Waals surface area contributed by atoms with Gasteiger partial charge in [0.15, 0.2) is 0 Å². The smallest absolute Gasteiger partial charge is 0.148 e. The highest BCUT2D eigenvalue weighted by atomic mass is 16.5. The van der Waals surface area contributed by atoms with Gasteiger partial charge in [0.2, 0.25) is 0 Å². The SMILES string of the molecule is COCc1[c]c(C2CC2)on1. The Hall–Kier alpha value is -0.830. The van der Waals surface area contributed by atoms with Crippen molar-refractivity contribution in [1.29, 1.82) is 0 Å². The summed E-state index contributed by atoms with van der Waals surface area (Å²) < 4.78 is 9.94. The van der Waals surface area contributed by atoms with Gasteiger partial charge < -0.3 is 9.26 Å². The minimum Gasteiger partial charge on any atom is -0.378 e. The molecule has 1 aromatic heterocycles. The number of methoxy groups -OCH3 is 1. The average Bonchev–Trinajstić information content (AvgIpc) is 2.75. The van der Waals surface area contributed by atoms with E-state index in [0.29, 0.717) is 12.5 Å². The molecule has 3 heteroatoms. The summed E-state index contributed by atoms with van der Waals surface area (Å²) in [5.41, 5.74) is 0.773. The molecule has 0 spiro atoms. The molecule has 1 aliphatic rings. The fourth-order valence-corrected chi connectivity index (χ4v) is 1.01. The maximum atomic E-state index is 5.06. The quantitative estimate of drug-likeness (QED) is 0.658. The lowest BCUT2D eigenvalue weighted by molar-refractivity contribution is 0.177.